The summed E-state index contributed by atoms with van der Waals surface area (Å²) in [6, 6.07) is 8.78. The third-order valence-corrected chi connectivity index (χ3v) is 6.97. The number of likely N-dealkylation sites (tertiary alicyclic amines) is 1. The third-order valence-electron chi connectivity index (χ3n) is 6.97. The predicted molar refractivity (Wildman–Crippen MR) is 127 cm³/mol. The van der Waals surface area contributed by atoms with E-state index in [4.69, 9.17) is 14.2 Å². The van der Waals surface area contributed by atoms with Crippen molar-refractivity contribution in [2.75, 3.05) is 40.0 Å². The van der Waals surface area contributed by atoms with E-state index in [2.05, 4.69) is 14.9 Å². The molecule has 8 nitrogen and oxygen atoms in total. The highest BCUT2D eigenvalue weighted by Crippen LogP contribution is 2.35. The molecule has 4 heterocycles. The van der Waals surface area contributed by atoms with Crippen molar-refractivity contribution in [3.63, 3.8) is 0 Å². The third kappa shape index (κ3) is 5.03. The molecule has 0 bridgehead atoms. The molecule has 2 atom stereocenters. The van der Waals surface area contributed by atoms with Crippen molar-refractivity contribution in [1.82, 2.24) is 14.9 Å². The molecule has 0 unspecified atom stereocenters. The number of benzene rings is 1. The van der Waals surface area contributed by atoms with Crippen molar-refractivity contribution >= 4 is 11.0 Å². The van der Waals surface area contributed by atoms with Gasteiger partial charge in [-0.3, -0.25) is 4.98 Å². The second kappa shape index (κ2) is 10.3. The Morgan fingerprint density at radius 2 is 1.89 bits per heavy atom. The zero-order valence-electron chi connectivity index (χ0n) is 19.7. The van der Waals surface area contributed by atoms with Crippen LogP contribution < -0.4 is 14.2 Å². The Hall–Kier alpha value is -3.01. The fraction of sp³-hybridized carbons (Fsp3) is 0.462. The summed E-state index contributed by atoms with van der Waals surface area (Å²) in [6.07, 6.45) is 1.35. The normalized spacial score (nSPS) is 18.4. The van der Waals surface area contributed by atoms with Crippen LogP contribution in [0.15, 0.2) is 36.5 Å². The second-order valence-corrected chi connectivity index (χ2v) is 9.07. The lowest BCUT2D eigenvalue weighted by molar-refractivity contribution is -0.0361. The number of aromatic nitrogens is 2. The first-order valence-electron chi connectivity index (χ1n) is 12.0. The highest BCUT2D eigenvalue weighted by molar-refractivity contribution is 5.78. The number of aliphatic hydroxyl groups excluding tert-OH is 2. The first-order valence-corrected chi connectivity index (χ1v) is 12.0. The van der Waals surface area contributed by atoms with Gasteiger partial charge in [-0.25, -0.2) is 9.37 Å². The fourth-order valence-corrected chi connectivity index (χ4v) is 4.92. The minimum absolute atomic E-state index is 0.0288. The molecular weight excluding hydrogens is 453 g/mol. The van der Waals surface area contributed by atoms with Crippen LogP contribution in [0, 0.1) is 11.7 Å². The summed E-state index contributed by atoms with van der Waals surface area (Å²) in [5.74, 6) is 1.28. The maximum absolute atomic E-state index is 14.6. The van der Waals surface area contributed by atoms with Gasteiger partial charge in [0, 0.05) is 18.2 Å². The average Bonchev–Trinajstić information content (AvgIpc) is 2.91. The standard InChI is InChI=1S/C26H30FN3O5/c1-33-23-5-3-20-24(29-23)18(19(27)15-28-20)8-11-30-9-6-16(7-10-30)25(31)26(32)17-2-4-21-22(14-17)35-13-12-34-21/h2-5,14-16,25-26,31-32H,6-13H2,1H3/t25-,26-/m1/s1. The van der Waals surface area contributed by atoms with E-state index in [0.29, 0.717) is 65.7 Å². The summed E-state index contributed by atoms with van der Waals surface area (Å²) in [5, 5.41) is 21.7. The molecule has 5 rings (SSSR count). The van der Waals surface area contributed by atoms with Gasteiger partial charge in [-0.1, -0.05) is 6.07 Å². The quantitative estimate of drug-likeness (QED) is 0.530. The van der Waals surface area contributed by atoms with E-state index in [1.54, 1.807) is 30.3 Å². The highest BCUT2D eigenvalue weighted by Gasteiger charge is 2.31. The van der Waals surface area contributed by atoms with Crippen molar-refractivity contribution in [3.8, 4) is 17.4 Å². The smallest absolute Gasteiger partial charge is 0.213 e. The zero-order valence-corrected chi connectivity index (χ0v) is 19.7. The van der Waals surface area contributed by atoms with Gasteiger partial charge in [-0.15, -0.1) is 0 Å². The lowest BCUT2D eigenvalue weighted by Crippen LogP contribution is -2.40. The molecule has 1 fully saturated rings. The number of aliphatic hydroxyl groups is 2. The number of fused-ring (bicyclic) bond motifs is 2. The van der Waals surface area contributed by atoms with Gasteiger partial charge < -0.3 is 29.3 Å². The van der Waals surface area contributed by atoms with Crippen molar-refractivity contribution < 1.29 is 28.8 Å². The van der Waals surface area contributed by atoms with Gasteiger partial charge in [-0.05, 0) is 62.0 Å². The van der Waals surface area contributed by atoms with Crippen LogP contribution in [0.1, 0.15) is 30.1 Å². The van der Waals surface area contributed by atoms with Crippen molar-refractivity contribution in [1.29, 1.82) is 0 Å². The van der Waals surface area contributed by atoms with Crippen LogP contribution in [0.4, 0.5) is 4.39 Å². The van der Waals surface area contributed by atoms with Crippen molar-refractivity contribution in [2.24, 2.45) is 5.92 Å². The molecule has 2 N–H and O–H groups in total. The summed E-state index contributed by atoms with van der Waals surface area (Å²) in [4.78, 5) is 10.8. The van der Waals surface area contributed by atoms with Crippen molar-refractivity contribution in [2.45, 2.75) is 31.5 Å². The van der Waals surface area contributed by atoms with E-state index >= 15 is 0 Å². The van der Waals surface area contributed by atoms with Crippen LogP contribution >= 0.6 is 0 Å². The SMILES string of the molecule is COc1ccc2ncc(F)c(CCN3CCC([C@@H](O)[C@H](O)c4ccc5c(c4)OCCO5)CC3)c2n1. The number of methoxy groups -OCH3 is 1. The topological polar surface area (TPSA) is 97.2 Å². The minimum atomic E-state index is -0.999. The molecule has 0 aliphatic carbocycles. The van der Waals surface area contributed by atoms with E-state index in [9.17, 15) is 14.6 Å². The number of pyridine rings is 2. The number of hydrogen-bond acceptors (Lipinski definition) is 8. The van der Waals surface area contributed by atoms with Crippen LogP contribution in [0.2, 0.25) is 0 Å². The van der Waals surface area contributed by atoms with Gasteiger partial charge in [0.15, 0.2) is 11.5 Å². The average molecular weight is 484 g/mol. The molecule has 1 aromatic carbocycles. The highest BCUT2D eigenvalue weighted by atomic mass is 19.1. The lowest BCUT2D eigenvalue weighted by atomic mass is 9.86. The zero-order chi connectivity index (χ0) is 24.4. The monoisotopic (exact) mass is 483 g/mol. The molecule has 1 saturated heterocycles. The first-order chi connectivity index (χ1) is 17.0. The molecule has 35 heavy (non-hydrogen) atoms. The molecule has 2 aliphatic heterocycles. The van der Waals surface area contributed by atoms with Crippen LogP contribution in [-0.2, 0) is 6.42 Å². The van der Waals surface area contributed by atoms with Gasteiger partial charge in [0.1, 0.15) is 25.1 Å². The number of piperidine rings is 1. The fourth-order valence-electron chi connectivity index (χ4n) is 4.92. The summed E-state index contributed by atoms with van der Waals surface area (Å²) < 4.78 is 30.9. The summed E-state index contributed by atoms with van der Waals surface area (Å²) in [6.45, 7) is 3.16. The number of ether oxygens (including phenoxy) is 3. The van der Waals surface area contributed by atoms with Crippen LogP contribution in [0.5, 0.6) is 17.4 Å². The number of nitrogens with zero attached hydrogens (tertiary/aromatic N) is 3. The number of hydrogen-bond donors (Lipinski definition) is 2. The molecule has 2 aromatic heterocycles. The lowest BCUT2D eigenvalue weighted by Gasteiger charge is -2.36. The molecule has 9 heteroatoms. The van der Waals surface area contributed by atoms with Crippen LogP contribution in [-0.4, -0.2) is 71.1 Å². The van der Waals surface area contributed by atoms with Gasteiger partial charge in [-0.2, -0.15) is 0 Å². The largest absolute Gasteiger partial charge is 0.486 e. The first kappa shape index (κ1) is 23.7. The van der Waals surface area contributed by atoms with Gasteiger partial charge in [0.05, 0.1) is 30.4 Å². The van der Waals surface area contributed by atoms with E-state index in [0.717, 1.165) is 25.9 Å². The maximum atomic E-state index is 14.6. The Morgan fingerprint density at radius 3 is 2.66 bits per heavy atom. The van der Waals surface area contributed by atoms with Crippen molar-refractivity contribution in [3.05, 3.63) is 53.5 Å². The van der Waals surface area contributed by atoms with E-state index in [1.807, 2.05) is 0 Å². The molecule has 0 radical (unpaired) electrons. The Morgan fingerprint density at radius 1 is 1.11 bits per heavy atom. The number of rotatable bonds is 7. The van der Waals surface area contributed by atoms with Crippen LogP contribution in [0.3, 0.4) is 0 Å². The summed E-state index contributed by atoms with van der Waals surface area (Å²) >= 11 is 0. The molecule has 3 aromatic rings. The van der Waals surface area contributed by atoms with Gasteiger partial charge >= 0.3 is 0 Å². The van der Waals surface area contributed by atoms with E-state index < -0.39 is 12.2 Å². The minimum Gasteiger partial charge on any atom is -0.486 e. The molecule has 0 spiro atoms. The summed E-state index contributed by atoms with van der Waals surface area (Å²) in [5.41, 5.74) is 2.31. The Bertz CT molecular complexity index is 1190. The maximum Gasteiger partial charge on any atom is 0.213 e. The summed E-state index contributed by atoms with van der Waals surface area (Å²) in [7, 11) is 1.53. The van der Waals surface area contributed by atoms with E-state index in [1.165, 1.54) is 13.3 Å². The molecule has 2 aliphatic rings. The van der Waals surface area contributed by atoms with Gasteiger partial charge in [0.25, 0.3) is 0 Å². The molecule has 0 saturated carbocycles. The van der Waals surface area contributed by atoms with E-state index in [-0.39, 0.29) is 11.7 Å². The van der Waals surface area contributed by atoms with Crippen LogP contribution in [0.25, 0.3) is 11.0 Å². The Labute approximate surface area is 203 Å². The predicted octanol–water partition coefficient (Wildman–Crippen LogP) is 2.90. The molecule has 0 amide bonds. The second-order valence-electron chi connectivity index (χ2n) is 9.07. The van der Waals surface area contributed by atoms with Gasteiger partial charge in [0.2, 0.25) is 5.88 Å². The molecular formula is C26H30FN3O5. The Kier molecular flexibility index (Phi) is 6.99. The molecule has 186 valence electrons. The Balaban J connectivity index is 1.18. The number of halogens is 1.